The smallest absolute Gasteiger partial charge is 0.239 e. The molecule has 0 saturated carbocycles. The van der Waals surface area contributed by atoms with Crippen LogP contribution in [0, 0.1) is 5.82 Å². The first-order valence-electron chi connectivity index (χ1n) is 5.52. The highest BCUT2D eigenvalue weighted by Gasteiger charge is 2.02. The monoisotopic (exact) mass is 248 g/mol. The predicted molar refractivity (Wildman–Crippen MR) is 65.4 cm³/mol. The highest BCUT2D eigenvalue weighted by atomic mass is 19.1. The van der Waals surface area contributed by atoms with E-state index in [1.54, 1.807) is 30.5 Å². The van der Waals surface area contributed by atoms with Gasteiger partial charge in [0.05, 0.1) is 19.4 Å². The lowest BCUT2D eigenvalue weighted by Crippen LogP contribution is -2.29. The van der Waals surface area contributed by atoms with Crippen molar-refractivity contribution in [1.29, 1.82) is 0 Å². The maximum Gasteiger partial charge on any atom is 0.239 e. The SMILES string of the molecule is O=C(CNc1ccc(F)cc1)NCc1ccco1. The molecule has 4 nitrogen and oxygen atoms in total. The summed E-state index contributed by atoms with van der Waals surface area (Å²) in [5.74, 6) is 0.240. The fraction of sp³-hybridized carbons (Fsp3) is 0.154. The number of carbonyl (C=O) groups excluding carboxylic acids is 1. The number of hydrogen-bond acceptors (Lipinski definition) is 3. The van der Waals surface area contributed by atoms with Gasteiger partial charge in [0, 0.05) is 5.69 Å². The molecule has 18 heavy (non-hydrogen) atoms. The second-order valence-electron chi connectivity index (χ2n) is 3.72. The summed E-state index contributed by atoms with van der Waals surface area (Å²) in [4.78, 5) is 11.5. The highest BCUT2D eigenvalue weighted by Crippen LogP contribution is 2.07. The maximum atomic E-state index is 12.6. The van der Waals surface area contributed by atoms with Crippen molar-refractivity contribution >= 4 is 11.6 Å². The van der Waals surface area contributed by atoms with E-state index in [4.69, 9.17) is 4.42 Å². The van der Waals surface area contributed by atoms with Crippen LogP contribution in [-0.2, 0) is 11.3 Å². The van der Waals surface area contributed by atoms with Crippen molar-refractivity contribution in [2.24, 2.45) is 0 Å². The van der Waals surface area contributed by atoms with Gasteiger partial charge in [0.2, 0.25) is 5.91 Å². The van der Waals surface area contributed by atoms with Gasteiger partial charge >= 0.3 is 0 Å². The van der Waals surface area contributed by atoms with Gasteiger partial charge in [0.15, 0.2) is 0 Å². The Morgan fingerprint density at radius 3 is 2.67 bits per heavy atom. The molecule has 0 unspecified atom stereocenters. The summed E-state index contributed by atoms with van der Waals surface area (Å²) in [5.41, 5.74) is 0.699. The van der Waals surface area contributed by atoms with Crippen molar-refractivity contribution in [2.45, 2.75) is 6.54 Å². The lowest BCUT2D eigenvalue weighted by Gasteiger charge is -2.06. The zero-order valence-corrected chi connectivity index (χ0v) is 9.65. The van der Waals surface area contributed by atoms with Gasteiger partial charge in [-0.2, -0.15) is 0 Å². The first-order valence-corrected chi connectivity index (χ1v) is 5.52. The second kappa shape index (κ2) is 5.86. The van der Waals surface area contributed by atoms with E-state index in [0.717, 1.165) is 0 Å². The summed E-state index contributed by atoms with van der Waals surface area (Å²) in [5, 5.41) is 5.59. The molecule has 0 bridgehead atoms. The molecule has 0 radical (unpaired) electrons. The molecule has 0 fully saturated rings. The zero-order chi connectivity index (χ0) is 12.8. The van der Waals surface area contributed by atoms with E-state index in [1.807, 2.05) is 0 Å². The summed E-state index contributed by atoms with van der Waals surface area (Å²) in [6.45, 7) is 0.489. The molecule has 1 heterocycles. The first-order chi connectivity index (χ1) is 8.74. The summed E-state index contributed by atoms with van der Waals surface area (Å²) >= 11 is 0. The highest BCUT2D eigenvalue weighted by molar-refractivity contribution is 5.80. The maximum absolute atomic E-state index is 12.6. The molecule has 2 rings (SSSR count). The van der Waals surface area contributed by atoms with E-state index in [9.17, 15) is 9.18 Å². The third kappa shape index (κ3) is 3.62. The third-order valence-corrected chi connectivity index (χ3v) is 2.34. The minimum atomic E-state index is -0.303. The van der Waals surface area contributed by atoms with Crippen LogP contribution >= 0.6 is 0 Å². The van der Waals surface area contributed by atoms with Crippen molar-refractivity contribution in [3.05, 3.63) is 54.2 Å². The molecule has 0 saturated heterocycles. The van der Waals surface area contributed by atoms with E-state index in [-0.39, 0.29) is 18.3 Å². The average Bonchev–Trinajstić information content (AvgIpc) is 2.89. The fourth-order valence-electron chi connectivity index (χ4n) is 1.41. The zero-order valence-electron chi connectivity index (χ0n) is 9.65. The van der Waals surface area contributed by atoms with Gasteiger partial charge < -0.3 is 15.1 Å². The van der Waals surface area contributed by atoms with Crippen LogP contribution in [0.2, 0.25) is 0 Å². The molecule has 2 N–H and O–H groups in total. The summed E-state index contributed by atoms with van der Waals surface area (Å²) in [6.07, 6.45) is 1.55. The molecule has 94 valence electrons. The molecule has 0 aliphatic rings. The minimum Gasteiger partial charge on any atom is -0.467 e. The summed E-state index contributed by atoms with van der Waals surface area (Å²) in [7, 11) is 0. The van der Waals surface area contributed by atoms with Crippen molar-refractivity contribution < 1.29 is 13.6 Å². The molecule has 2 aromatic rings. The van der Waals surface area contributed by atoms with Crippen LogP contribution in [-0.4, -0.2) is 12.5 Å². The van der Waals surface area contributed by atoms with Gasteiger partial charge in [-0.25, -0.2) is 4.39 Å². The van der Waals surface area contributed by atoms with Crippen LogP contribution in [0.4, 0.5) is 10.1 Å². The quantitative estimate of drug-likeness (QED) is 0.852. The molecule has 0 atom stereocenters. The summed E-state index contributed by atoms with van der Waals surface area (Å²) in [6, 6.07) is 9.38. The number of rotatable bonds is 5. The Kier molecular flexibility index (Phi) is 3.96. The average molecular weight is 248 g/mol. The fourth-order valence-corrected chi connectivity index (χ4v) is 1.41. The van der Waals surface area contributed by atoms with E-state index in [0.29, 0.717) is 18.0 Å². The molecular formula is C13H13FN2O2. The van der Waals surface area contributed by atoms with Gasteiger partial charge in [0.25, 0.3) is 0 Å². The Labute approximate surface area is 104 Å². The normalized spacial score (nSPS) is 10.1. The number of furan rings is 1. The number of amides is 1. The number of anilines is 1. The van der Waals surface area contributed by atoms with E-state index in [2.05, 4.69) is 10.6 Å². The van der Waals surface area contributed by atoms with Crippen LogP contribution in [0.5, 0.6) is 0 Å². The predicted octanol–water partition coefficient (Wildman–Crippen LogP) is 2.15. The van der Waals surface area contributed by atoms with Crippen LogP contribution < -0.4 is 10.6 Å². The Morgan fingerprint density at radius 1 is 1.22 bits per heavy atom. The van der Waals surface area contributed by atoms with E-state index in [1.165, 1.54) is 12.1 Å². The van der Waals surface area contributed by atoms with Crippen LogP contribution in [0.3, 0.4) is 0 Å². The standard InChI is InChI=1S/C13H13FN2O2/c14-10-3-5-11(6-4-10)15-9-13(17)16-8-12-2-1-7-18-12/h1-7,15H,8-9H2,(H,16,17). The first kappa shape index (κ1) is 12.2. The van der Waals surface area contributed by atoms with E-state index >= 15 is 0 Å². The minimum absolute atomic E-state index is 0.131. The van der Waals surface area contributed by atoms with Gasteiger partial charge in [-0.1, -0.05) is 0 Å². The lowest BCUT2D eigenvalue weighted by atomic mass is 10.3. The van der Waals surface area contributed by atoms with E-state index < -0.39 is 0 Å². The second-order valence-corrected chi connectivity index (χ2v) is 3.72. The number of benzene rings is 1. The van der Waals surface area contributed by atoms with Crippen LogP contribution in [0.1, 0.15) is 5.76 Å². The number of nitrogens with one attached hydrogen (secondary N) is 2. The largest absolute Gasteiger partial charge is 0.467 e. The topological polar surface area (TPSA) is 54.3 Å². The molecular weight excluding hydrogens is 235 g/mol. The molecule has 1 aromatic carbocycles. The Morgan fingerprint density at radius 2 is 2.00 bits per heavy atom. The molecule has 0 aliphatic heterocycles. The molecule has 5 heteroatoms. The Balaban J connectivity index is 1.73. The van der Waals surface area contributed by atoms with Gasteiger partial charge in [-0.3, -0.25) is 4.79 Å². The van der Waals surface area contributed by atoms with Crippen molar-refractivity contribution in [3.63, 3.8) is 0 Å². The Hall–Kier alpha value is -2.30. The summed E-state index contributed by atoms with van der Waals surface area (Å²) < 4.78 is 17.7. The number of carbonyl (C=O) groups is 1. The third-order valence-electron chi connectivity index (χ3n) is 2.34. The van der Waals surface area contributed by atoms with Crippen LogP contribution in [0.15, 0.2) is 47.1 Å². The Bertz CT molecular complexity index is 494. The van der Waals surface area contributed by atoms with Crippen molar-refractivity contribution in [2.75, 3.05) is 11.9 Å². The van der Waals surface area contributed by atoms with Gasteiger partial charge in [-0.15, -0.1) is 0 Å². The molecule has 1 amide bonds. The van der Waals surface area contributed by atoms with Crippen LogP contribution in [0.25, 0.3) is 0 Å². The number of halogens is 1. The van der Waals surface area contributed by atoms with Gasteiger partial charge in [-0.05, 0) is 36.4 Å². The molecule has 1 aromatic heterocycles. The molecule has 0 aliphatic carbocycles. The van der Waals surface area contributed by atoms with Gasteiger partial charge in [0.1, 0.15) is 11.6 Å². The number of hydrogen-bond donors (Lipinski definition) is 2. The van der Waals surface area contributed by atoms with Crippen molar-refractivity contribution in [3.8, 4) is 0 Å². The lowest BCUT2D eigenvalue weighted by molar-refractivity contribution is -0.119. The molecule has 0 spiro atoms. The van der Waals surface area contributed by atoms with Crippen molar-refractivity contribution in [1.82, 2.24) is 5.32 Å².